The minimum atomic E-state index is -0.428. The Labute approximate surface area is 171 Å². The Morgan fingerprint density at radius 2 is 1.97 bits per heavy atom. The highest BCUT2D eigenvalue weighted by Gasteiger charge is 2.10. The van der Waals surface area contributed by atoms with Gasteiger partial charge in [-0.05, 0) is 54.1 Å². The van der Waals surface area contributed by atoms with Crippen molar-refractivity contribution in [3.8, 4) is 17.0 Å². The third-order valence-corrected chi connectivity index (χ3v) is 4.50. The summed E-state index contributed by atoms with van der Waals surface area (Å²) in [4.78, 5) is 23.1. The lowest BCUT2D eigenvalue weighted by atomic mass is 10.1. The molecule has 4 aromatic rings. The molecule has 0 atom stereocenters. The molecule has 2 heterocycles. The quantitative estimate of drug-likeness (QED) is 0.454. The van der Waals surface area contributed by atoms with Gasteiger partial charge in [-0.3, -0.25) is 0 Å². The Bertz CT molecular complexity index is 1160. The fourth-order valence-electron chi connectivity index (χ4n) is 2.83. The van der Waals surface area contributed by atoms with Crippen molar-refractivity contribution in [1.29, 1.82) is 0 Å². The Morgan fingerprint density at radius 1 is 1.14 bits per heavy atom. The van der Waals surface area contributed by atoms with Crippen molar-refractivity contribution in [3.63, 3.8) is 0 Å². The maximum Gasteiger partial charge on any atom is 0.343 e. The van der Waals surface area contributed by atoms with Gasteiger partial charge in [-0.2, -0.15) is 0 Å². The van der Waals surface area contributed by atoms with Gasteiger partial charge in [0.2, 0.25) is 0 Å². The van der Waals surface area contributed by atoms with Crippen LogP contribution in [0.2, 0.25) is 5.02 Å². The number of ether oxygens (including phenoxy) is 2. The van der Waals surface area contributed by atoms with Crippen molar-refractivity contribution in [2.24, 2.45) is 0 Å². The minimum absolute atomic E-state index is 0.129. The third kappa shape index (κ3) is 4.30. The molecule has 0 fully saturated rings. The maximum absolute atomic E-state index is 11.2. The first-order chi connectivity index (χ1) is 14.1. The molecule has 0 saturated carbocycles. The van der Waals surface area contributed by atoms with Crippen LogP contribution in [0.5, 0.6) is 5.75 Å². The number of hydrogen-bond donors (Lipinski definition) is 2. The highest BCUT2D eigenvalue weighted by atomic mass is 35.5. The number of benzene rings is 2. The Hall–Kier alpha value is -3.58. The van der Waals surface area contributed by atoms with Gasteiger partial charge in [0.05, 0.1) is 12.5 Å². The lowest BCUT2D eigenvalue weighted by molar-refractivity contribution is -0.142. The number of rotatable bonds is 6. The summed E-state index contributed by atoms with van der Waals surface area (Å²) in [5.41, 5.74) is 3.38. The van der Waals surface area contributed by atoms with Gasteiger partial charge in [-0.25, -0.2) is 14.8 Å². The average molecular weight is 409 g/mol. The maximum atomic E-state index is 11.2. The zero-order chi connectivity index (χ0) is 20.2. The van der Waals surface area contributed by atoms with Crippen molar-refractivity contribution >= 4 is 40.1 Å². The van der Waals surface area contributed by atoms with Crippen LogP contribution in [-0.2, 0) is 9.53 Å². The van der Waals surface area contributed by atoms with E-state index in [-0.39, 0.29) is 6.61 Å². The van der Waals surface area contributed by atoms with Gasteiger partial charge < -0.3 is 19.8 Å². The predicted molar refractivity (Wildman–Crippen MR) is 112 cm³/mol. The fourth-order valence-corrected chi connectivity index (χ4v) is 3.02. The molecule has 0 aliphatic heterocycles. The van der Waals surface area contributed by atoms with E-state index in [2.05, 4.69) is 25.0 Å². The molecule has 2 N–H and O–H groups in total. The first-order valence-electron chi connectivity index (χ1n) is 8.79. The minimum Gasteiger partial charge on any atom is -0.482 e. The Balaban J connectivity index is 1.58. The van der Waals surface area contributed by atoms with E-state index in [4.69, 9.17) is 16.3 Å². The SMILES string of the molecule is COC(=O)COc1ccc(-c2cc3c(Nc4cccc(Cl)c4)ncnc3[nH]2)cc1. The Kier molecular flexibility index (Phi) is 5.31. The van der Waals surface area contributed by atoms with Crippen LogP contribution in [0.15, 0.2) is 60.9 Å². The highest BCUT2D eigenvalue weighted by Crippen LogP contribution is 2.29. The fraction of sp³-hybridized carbons (Fsp3) is 0.0952. The summed E-state index contributed by atoms with van der Waals surface area (Å²) in [5, 5.41) is 4.77. The molecule has 0 radical (unpaired) electrons. The van der Waals surface area contributed by atoms with Crippen molar-refractivity contribution in [1.82, 2.24) is 15.0 Å². The summed E-state index contributed by atoms with van der Waals surface area (Å²) < 4.78 is 9.94. The van der Waals surface area contributed by atoms with Gasteiger partial charge >= 0.3 is 5.97 Å². The van der Waals surface area contributed by atoms with Crippen LogP contribution in [0.4, 0.5) is 11.5 Å². The van der Waals surface area contributed by atoms with Crippen LogP contribution in [0.25, 0.3) is 22.3 Å². The first-order valence-corrected chi connectivity index (χ1v) is 9.16. The van der Waals surface area contributed by atoms with Crippen LogP contribution < -0.4 is 10.1 Å². The summed E-state index contributed by atoms with van der Waals surface area (Å²) in [6.45, 7) is -0.129. The summed E-state index contributed by atoms with van der Waals surface area (Å²) in [5.74, 6) is 0.833. The number of carbonyl (C=O) groups is 1. The lowest BCUT2D eigenvalue weighted by Gasteiger charge is -2.06. The number of nitrogens with one attached hydrogen (secondary N) is 2. The van der Waals surface area contributed by atoms with Crippen LogP contribution in [0.3, 0.4) is 0 Å². The number of H-pyrrole nitrogens is 1. The average Bonchev–Trinajstić information content (AvgIpc) is 3.18. The molecule has 0 bridgehead atoms. The number of nitrogens with zero attached hydrogens (tertiary/aromatic N) is 2. The summed E-state index contributed by atoms with van der Waals surface area (Å²) >= 11 is 6.06. The normalized spacial score (nSPS) is 10.7. The number of carbonyl (C=O) groups excluding carboxylic acids is 1. The second-order valence-electron chi connectivity index (χ2n) is 6.19. The topological polar surface area (TPSA) is 89.1 Å². The predicted octanol–water partition coefficient (Wildman–Crippen LogP) is 4.57. The third-order valence-electron chi connectivity index (χ3n) is 4.26. The lowest BCUT2D eigenvalue weighted by Crippen LogP contribution is -2.12. The summed E-state index contributed by atoms with van der Waals surface area (Å²) in [7, 11) is 1.32. The summed E-state index contributed by atoms with van der Waals surface area (Å²) in [6, 6.07) is 16.8. The molecule has 7 nitrogen and oxygen atoms in total. The second-order valence-corrected chi connectivity index (χ2v) is 6.63. The largest absolute Gasteiger partial charge is 0.482 e. The van der Waals surface area contributed by atoms with Crippen LogP contribution >= 0.6 is 11.6 Å². The zero-order valence-electron chi connectivity index (χ0n) is 15.5. The van der Waals surface area contributed by atoms with E-state index in [0.29, 0.717) is 22.2 Å². The first kappa shape index (κ1) is 18.8. The van der Waals surface area contributed by atoms with E-state index in [1.807, 2.05) is 42.5 Å². The van der Waals surface area contributed by atoms with Crippen molar-refractivity contribution in [2.45, 2.75) is 0 Å². The number of aromatic amines is 1. The number of hydrogen-bond acceptors (Lipinski definition) is 6. The Morgan fingerprint density at radius 3 is 2.72 bits per heavy atom. The molecule has 0 aliphatic rings. The molecule has 8 heteroatoms. The molecule has 4 rings (SSSR count). The molecule has 29 heavy (non-hydrogen) atoms. The van der Waals surface area contributed by atoms with Crippen LogP contribution in [-0.4, -0.2) is 34.6 Å². The molecule has 0 amide bonds. The second kappa shape index (κ2) is 8.20. The van der Waals surface area contributed by atoms with E-state index in [1.54, 1.807) is 12.1 Å². The zero-order valence-corrected chi connectivity index (χ0v) is 16.2. The number of esters is 1. The van der Waals surface area contributed by atoms with Gasteiger partial charge in [-0.15, -0.1) is 0 Å². The van der Waals surface area contributed by atoms with E-state index in [9.17, 15) is 4.79 Å². The molecule has 0 unspecified atom stereocenters. The monoisotopic (exact) mass is 408 g/mol. The smallest absolute Gasteiger partial charge is 0.343 e. The number of anilines is 2. The number of aromatic nitrogens is 3. The van der Waals surface area contributed by atoms with E-state index in [0.717, 1.165) is 22.3 Å². The number of fused-ring (bicyclic) bond motifs is 1. The van der Waals surface area contributed by atoms with Crippen molar-refractivity contribution in [2.75, 3.05) is 19.0 Å². The van der Waals surface area contributed by atoms with E-state index in [1.165, 1.54) is 13.4 Å². The van der Waals surface area contributed by atoms with E-state index >= 15 is 0 Å². The molecule has 2 aromatic heterocycles. The number of halogens is 1. The van der Waals surface area contributed by atoms with E-state index < -0.39 is 5.97 Å². The highest BCUT2D eigenvalue weighted by molar-refractivity contribution is 6.30. The van der Waals surface area contributed by atoms with Gasteiger partial charge in [0.25, 0.3) is 0 Å². The van der Waals surface area contributed by atoms with Gasteiger partial charge in [-0.1, -0.05) is 17.7 Å². The molecule has 146 valence electrons. The molecule has 0 spiro atoms. The van der Waals surface area contributed by atoms with Crippen molar-refractivity contribution in [3.05, 3.63) is 65.9 Å². The van der Waals surface area contributed by atoms with Gasteiger partial charge in [0.1, 0.15) is 23.5 Å². The van der Waals surface area contributed by atoms with Gasteiger partial charge in [0.15, 0.2) is 6.61 Å². The van der Waals surface area contributed by atoms with Gasteiger partial charge in [0, 0.05) is 16.4 Å². The summed E-state index contributed by atoms with van der Waals surface area (Å²) in [6.07, 6.45) is 1.50. The van der Waals surface area contributed by atoms with Crippen LogP contribution in [0.1, 0.15) is 0 Å². The molecular formula is C21H17ClN4O3. The molecule has 0 aliphatic carbocycles. The van der Waals surface area contributed by atoms with Crippen LogP contribution in [0, 0.1) is 0 Å². The molecule has 0 saturated heterocycles. The van der Waals surface area contributed by atoms with Crippen molar-refractivity contribution < 1.29 is 14.3 Å². The molecular weight excluding hydrogens is 392 g/mol. The molecule has 2 aromatic carbocycles. The standard InChI is InChI=1S/C21H17ClN4O3/c1-28-19(27)11-29-16-7-5-13(6-8-16)18-10-17-20(23-12-24-21(17)26-18)25-15-4-2-3-14(22)9-15/h2-10,12H,11H2,1H3,(H2,23,24,25,26). The number of methoxy groups -OCH3 is 1.